The van der Waals surface area contributed by atoms with Gasteiger partial charge in [-0.2, -0.15) is 0 Å². The number of alkyl halides is 1. The Balaban J connectivity index is 1.79. The summed E-state index contributed by atoms with van der Waals surface area (Å²) in [5.74, 6) is 0.833. The minimum atomic E-state index is 0.833. The third-order valence-corrected chi connectivity index (χ3v) is 3.84. The molecular formula is C17H29ClN+. The van der Waals surface area contributed by atoms with E-state index in [4.69, 9.17) is 11.6 Å². The molecule has 0 aliphatic rings. The molecule has 0 atom stereocenters. The molecule has 0 aromatic carbocycles. The van der Waals surface area contributed by atoms with Crippen LogP contribution in [0.3, 0.4) is 0 Å². The van der Waals surface area contributed by atoms with Crippen molar-refractivity contribution in [3.63, 3.8) is 0 Å². The first-order valence-electron chi connectivity index (χ1n) is 7.93. The summed E-state index contributed by atoms with van der Waals surface area (Å²) in [5, 5.41) is 0. The molecule has 19 heavy (non-hydrogen) atoms. The maximum absolute atomic E-state index is 5.66. The number of unbranched alkanes of at least 4 members (excludes halogenated alkanes) is 9. The quantitative estimate of drug-likeness (QED) is 0.285. The Bertz CT molecular complexity index is 287. The fourth-order valence-electron chi connectivity index (χ4n) is 2.39. The highest BCUT2D eigenvalue weighted by Crippen LogP contribution is 2.10. The van der Waals surface area contributed by atoms with Crippen LogP contribution >= 0.6 is 11.6 Å². The van der Waals surface area contributed by atoms with Crippen molar-refractivity contribution < 1.29 is 4.57 Å². The Hall–Kier alpha value is -0.560. The average molecular weight is 283 g/mol. The first-order chi connectivity index (χ1) is 9.43. The zero-order chi connectivity index (χ0) is 13.6. The van der Waals surface area contributed by atoms with Crippen LogP contribution < -0.4 is 4.57 Å². The van der Waals surface area contributed by atoms with Gasteiger partial charge < -0.3 is 0 Å². The third-order valence-electron chi connectivity index (χ3n) is 3.58. The molecule has 0 saturated carbocycles. The van der Waals surface area contributed by atoms with E-state index in [9.17, 15) is 0 Å². The fraction of sp³-hybridized carbons (Fsp3) is 0.706. The summed E-state index contributed by atoms with van der Waals surface area (Å²) in [6.07, 6.45) is 17.9. The highest BCUT2D eigenvalue weighted by molar-refractivity contribution is 6.17. The number of rotatable bonds is 12. The minimum absolute atomic E-state index is 0.833. The van der Waals surface area contributed by atoms with Gasteiger partial charge in [0.2, 0.25) is 0 Å². The van der Waals surface area contributed by atoms with Crippen molar-refractivity contribution in [2.24, 2.45) is 0 Å². The molecule has 1 aromatic rings. The van der Waals surface area contributed by atoms with Crippen molar-refractivity contribution >= 4 is 11.6 Å². The van der Waals surface area contributed by atoms with E-state index in [0.29, 0.717) is 0 Å². The van der Waals surface area contributed by atoms with E-state index in [1.165, 1.54) is 70.8 Å². The summed E-state index contributed by atoms with van der Waals surface area (Å²) >= 11 is 5.66. The van der Waals surface area contributed by atoms with E-state index >= 15 is 0 Å². The highest BCUT2D eigenvalue weighted by Gasteiger charge is 1.97. The summed E-state index contributed by atoms with van der Waals surface area (Å²) in [6.45, 7) is 1.17. The van der Waals surface area contributed by atoms with Crippen LogP contribution in [0.5, 0.6) is 0 Å². The third kappa shape index (κ3) is 9.95. The van der Waals surface area contributed by atoms with Crippen molar-refractivity contribution in [2.75, 3.05) is 5.88 Å². The molecule has 108 valence electrons. The number of pyridine rings is 1. The van der Waals surface area contributed by atoms with Crippen LogP contribution in [0.25, 0.3) is 0 Å². The number of halogens is 1. The molecule has 0 aliphatic heterocycles. The lowest BCUT2D eigenvalue weighted by atomic mass is 10.1. The molecule has 0 unspecified atom stereocenters. The maximum Gasteiger partial charge on any atom is 0.168 e. The van der Waals surface area contributed by atoms with Gasteiger partial charge in [-0.3, -0.25) is 0 Å². The number of aryl methyl sites for hydroxylation is 1. The zero-order valence-electron chi connectivity index (χ0n) is 12.2. The van der Waals surface area contributed by atoms with Crippen LogP contribution in [0.1, 0.15) is 64.2 Å². The predicted molar refractivity (Wildman–Crippen MR) is 83.5 cm³/mol. The van der Waals surface area contributed by atoms with Crippen LogP contribution in [-0.4, -0.2) is 5.88 Å². The Kier molecular flexibility index (Phi) is 10.8. The number of hydrogen-bond donors (Lipinski definition) is 0. The molecule has 0 fully saturated rings. The van der Waals surface area contributed by atoms with Crippen molar-refractivity contribution in [1.29, 1.82) is 0 Å². The molecule has 2 heteroatoms. The largest absolute Gasteiger partial charge is 0.205 e. The van der Waals surface area contributed by atoms with E-state index in [1.807, 2.05) is 0 Å². The highest BCUT2D eigenvalue weighted by atomic mass is 35.5. The maximum atomic E-state index is 5.66. The lowest BCUT2D eigenvalue weighted by Gasteiger charge is -2.01. The molecule has 0 saturated heterocycles. The van der Waals surface area contributed by atoms with Gasteiger partial charge in [-0.15, -0.1) is 11.6 Å². The van der Waals surface area contributed by atoms with Gasteiger partial charge in [0.1, 0.15) is 6.54 Å². The molecule has 1 rings (SSSR count). The molecule has 0 spiro atoms. The first-order valence-corrected chi connectivity index (χ1v) is 8.47. The van der Waals surface area contributed by atoms with Gasteiger partial charge in [0.25, 0.3) is 0 Å². The van der Waals surface area contributed by atoms with Crippen molar-refractivity contribution in [3.05, 3.63) is 30.6 Å². The van der Waals surface area contributed by atoms with Gasteiger partial charge in [0.15, 0.2) is 12.4 Å². The monoisotopic (exact) mass is 282 g/mol. The van der Waals surface area contributed by atoms with Crippen molar-refractivity contribution in [3.8, 4) is 0 Å². The summed E-state index contributed by atoms with van der Waals surface area (Å²) in [6, 6.07) is 6.28. The molecule has 0 aliphatic carbocycles. The van der Waals surface area contributed by atoms with E-state index in [0.717, 1.165) is 5.88 Å². The second kappa shape index (κ2) is 12.5. The van der Waals surface area contributed by atoms with Crippen LogP contribution in [0.2, 0.25) is 0 Å². The molecule has 0 amide bonds. The Morgan fingerprint density at radius 1 is 0.579 bits per heavy atom. The van der Waals surface area contributed by atoms with Crippen LogP contribution in [-0.2, 0) is 6.54 Å². The van der Waals surface area contributed by atoms with Gasteiger partial charge in [-0.05, 0) is 12.8 Å². The molecular weight excluding hydrogens is 254 g/mol. The van der Waals surface area contributed by atoms with Crippen LogP contribution in [0, 0.1) is 0 Å². The summed E-state index contributed by atoms with van der Waals surface area (Å²) in [4.78, 5) is 0. The van der Waals surface area contributed by atoms with Crippen LogP contribution in [0.15, 0.2) is 30.6 Å². The molecule has 1 heterocycles. The molecule has 0 N–H and O–H groups in total. The number of hydrogen-bond acceptors (Lipinski definition) is 0. The second-order valence-electron chi connectivity index (χ2n) is 5.34. The van der Waals surface area contributed by atoms with Gasteiger partial charge in [0, 0.05) is 24.4 Å². The SMILES string of the molecule is ClCCCCCCCCCCCC[n+]1ccccc1. The van der Waals surface area contributed by atoms with E-state index in [2.05, 4.69) is 35.2 Å². The molecule has 1 nitrogen and oxygen atoms in total. The van der Waals surface area contributed by atoms with Crippen LogP contribution in [0.4, 0.5) is 0 Å². The fourth-order valence-corrected chi connectivity index (χ4v) is 2.58. The van der Waals surface area contributed by atoms with Crippen molar-refractivity contribution in [1.82, 2.24) is 0 Å². The Morgan fingerprint density at radius 2 is 1.05 bits per heavy atom. The summed E-state index contributed by atoms with van der Waals surface area (Å²) in [5.41, 5.74) is 0. The number of nitrogens with zero attached hydrogens (tertiary/aromatic N) is 1. The van der Waals surface area contributed by atoms with Gasteiger partial charge in [-0.25, -0.2) is 4.57 Å². The predicted octanol–water partition coefficient (Wildman–Crippen LogP) is 5.11. The van der Waals surface area contributed by atoms with Gasteiger partial charge in [-0.1, -0.05) is 51.0 Å². The average Bonchev–Trinajstić information content (AvgIpc) is 2.46. The van der Waals surface area contributed by atoms with Crippen molar-refractivity contribution in [2.45, 2.75) is 70.8 Å². The smallest absolute Gasteiger partial charge is 0.168 e. The topological polar surface area (TPSA) is 3.88 Å². The Labute approximate surface area is 124 Å². The van der Waals surface area contributed by atoms with E-state index in [1.54, 1.807) is 0 Å². The van der Waals surface area contributed by atoms with E-state index < -0.39 is 0 Å². The molecule has 0 radical (unpaired) electrons. The van der Waals surface area contributed by atoms with E-state index in [-0.39, 0.29) is 0 Å². The van der Waals surface area contributed by atoms with Gasteiger partial charge >= 0.3 is 0 Å². The minimum Gasteiger partial charge on any atom is -0.205 e. The Morgan fingerprint density at radius 3 is 1.58 bits per heavy atom. The lowest BCUT2D eigenvalue weighted by Crippen LogP contribution is -2.32. The lowest BCUT2D eigenvalue weighted by molar-refractivity contribution is -0.697. The number of aromatic nitrogens is 1. The molecule has 0 bridgehead atoms. The zero-order valence-corrected chi connectivity index (χ0v) is 13.0. The van der Waals surface area contributed by atoms with Gasteiger partial charge in [0.05, 0.1) is 0 Å². The first kappa shape index (κ1) is 16.5. The second-order valence-corrected chi connectivity index (χ2v) is 5.72. The standard InChI is InChI=1S/C17H29ClN/c18-14-10-7-5-3-1-2-4-6-8-11-15-19-16-12-9-13-17-19/h9,12-13,16-17H,1-8,10-11,14-15H2/q+1. The summed E-state index contributed by atoms with van der Waals surface area (Å²) in [7, 11) is 0. The summed E-state index contributed by atoms with van der Waals surface area (Å²) < 4.78 is 2.27. The normalized spacial score (nSPS) is 10.8. The molecule has 1 aromatic heterocycles.